The molecule has 0 saturated carbocycles. The fourth-order valence-corrected chi connectivity index (χ4v) is 3.15. The summed E-state index contributed by atoms with van der Waals surface area (Å²) < 4.78 is 1.00. The number of carbonyl (C=O) groups is 1. The van der Waals surface area contributed by atoms with Gasteiger partial charge in [-0.3, -0.25) is 4.79 Å². The van der Waals surface area contributed by atoms with Gasteiger partial charge >= 0.3 is 0 Å². The summed E-state index contributed by atoms with van der Waals surface area (Å²) in [5.41, 5.74) is 3.43. The lowest BCUT2D eigenvalue weighted by Crippen LogP contribution is -2.30. The molecule has 0 spiro atoms. The zero-order valence-electron chi connectivity index (χ0n) is 13.1. The number of aromatic nitrogens is 1. The molecule has 0 radical (unpaired) electrons. The molecule has 3 aromatic rings. The third kappa shape index (κ3) is 3.82. The Balaban J connectivity index is 1.60. The number of para-hydroxylation sites is 1. The zero-order valence-corrected chi connectivity index (χ0v) is 14.6. The Morgan fingerprint density at radius 1 is 1.17 bits per heavy atom. The molecule has 4 heteroatoms. The Bertz CT molecular complexity index is 825. The van der Waals surface area contributed by atoms with E-state index in [0.717, 1.165) is 22.0 Å². The number of hydrogen-bond donors (Lipinski definition) is 1. The average molecular weight is 371 g/mol. The van der Waals surface area contributed by atoms with Crippen LogP contribution in [0.1, 0.15) is 11.1 Å². The van der Waals surface area contributed by atoms with E-state index in [4.69, 9.17) is 0 Å². The maximum absolute atomic E-state index is 12.3. The van der Waals surface area contributed by atoms with Crippen molar-refractivity contribution in [2.45, 2.75) is 12.8 Å². The maximum Gasteiger partial charge on any atom is 0.226 e. The van der Waals surface area contributed by atoms with Gasteiger partial charge in [0.05, 0.1) is 6.42 Å². The molecule has 1 heterocycles. The number of likely N-dealkylation sites (N-methyl/N-ethyl adjacent to an activating group) is 1. The van der Waals surface area contributed by atoms with E-state index in [1.165, 1.54) is 10.9 Å². The van der Waals surface area contributed by atoms with Gasteiger partial charge in [-0.2, -0.15) is 0 Å². The highest BCUT2D eigenvalue weighted by atomic mass is 79.9. The van der Waals surface area contributed by atoms with E-state index >= 15 is 0 Å². The number of halogens is 1. The Morgan fingerprint density at radius 3 is 2.83 bits per heavy atom. The van der Waals surface area contributed by atoms with Crippen LogP contribution in [0.4, 0.5) is 0 Å². The highest BCUT2D eigenvalue weighted by molar-refractivity contribution is 9.10. The number of nitrogens with zero attached hydrogens (tertiary/aromatic N) is 1. The molecule has 1 amide bonds. The smallest absolute Gasteiger partial charge is 0.226 e. The quantitative estimate of drug-likeness (QED) is 0.718. The van der Waals surface area contributed by atoms with Gasteiger partial charge in [-0.15, -0.1) is 0 Å². The topological polar surface area (TPSA) is 36.1 Å². The molecule has 3 rings (SSSR count). The summed E-state index contributed by atoms with van der Waals surface area (Å²) in [5, 5.41) is 1.24. The van der Waals surface area contributed by atoms with E-state index in [1.807, 2.05) is 54.5 Å². The van der Waals surface area contributed by atoms with Crippen molar-refractivity contribution >= 4 is 32.7 Å². The summed E-state index contributed by atoms with van der Waals surface area (Å²) in [5.74, 6) is 0.142. The van der Waals surface area contributed by atoms with Gasteiger partial charge in [0.2, 0.25) is 5.91 Å². The zero-order chi connectivity index (χ0) is 16.2. The first-order chi connectivity index (χ1) is 11.1. The first kappa shape index (κ1) is 15.8. The molecule has 1 aromatic heterocycles. The number of H-pyrrole nitrogens is 1. The fraction of sp³-hybridized carbons (Fsp3) is 0.211. The average Bonchev–Trinajstić information content (AvgIpc) is 2.96. The van der Waals surface area contributed by atoms with Crippen LogP contribution < -0.4 is 0 Å². The third-order valence-electron chi connectivity index (χ3n) is 4.06. The predicted octanol–water partition coefficient (Wildman–Crippen LogP) is 4.17. The van der Waals surface area contributed by atoms with Crippen LogP contribution in [-0.2, 0) is 17.6 Å². The summed E-state index contributed by atoms with van der Waals surface area (Å²) in [7, 11) is 1.87. The van der Waals surface area contributed by atoms with Crippen molar-refractivity contribution in [3.05, 3.63) is 70.3 Å². The molecule has 0 aliphatic rings. The number of amides is 1. The molecular weight excluding hydrogens is 352 g/mol. The Kier molecular flexibility index (Phi) is 4.82. The second kappa shape index (κ2) is 7.01. The van der Waals surface area contributed by atoms with E-state index in [1.54, 1.807) is 0 Å². The monoisotopic (exact) mass is 370 g/mol. The summed E-state index contributed by atoms with van der Waals surface area (Å²) in [6.07, 6.45) is 3.33. The van der Waals surface area contributed by atoms with Crippen molar-refractivity contribution in [3.63, 3.8) is 0 Å². The Hall–Kier alpha value is -2.07. The lowest BCUT2D eigenvalue weighted by atomic mass is 10.1. The Morgan fingerprint density at radius 2 is 2.00 bits per heavy atom. The van der Waals surface area contributed by atoms with Crippen LogP contribution >= 0.6 is 15.9 Å². The molecule has 1 N–H and O–H groups in total. The van der Waals surface area contributed by atoms with Crippen molar-refractivity contribution in [1.82, 2.24) is 9.88 Å². The van der Waals surface area contributed by atoms with Crippen LogP contribution in [0.15, 0.2) is 59.2 Å². The van der Waals surface area contributed by atoms with Crippen LogP contribution in [0.5, 0.6) is 0 Å². The lowest BCUT2D eigenvalue weighted by molar-refractivity contribution is -0.129. The SMILES string of the molecule is CN(CCc1c[nH]c2ccccc12)C(=O)Cc1cccc(Br)c1. The molecule has 0 bridgehead atoms. The van der Waals surface area contributed by atoms with Gasteiger partial charge in [0.15, 0.2) is 0 Å². The molecule has 0 aliphatic carbocycles. The largest absolute Gasteiger partial charge is 0.361 e. The summed E-state index contributed by atoms with van der Waals surface area (Å²) in [6, 6.07) is 16.2. The molecule has 3 nitrogen and oxygen atoms in total. The molecule has 0 fully saturated rings. The van der Waals surface area contributed by atoms with Crippen molar-refractivity contribution in [2.24, 2.45) is 0 Å². The van der Waals surface area contributed by atoms with Gasteiger partial charge in [-0.05, 0) is 35.7 Å². The van der Waals surface area contributed by atoms with E-state index in [2.05, 4.69) is 33.0 Å². The highest BCUT2D eigenvalue weighted by Gasteiger charge is 2.11. The van der Waals surface area contributed by atoms with Crippen molar-refractivity contribution in [2.75, 3.05) is 13.6 Å². The molecule has 23 heavy (non-hydrogen) atoms. The predicted molar refractivity (Wildman–Crippen MR) is 97.5 cm³/mol. The van der Waals surface area contributed by atoms with Crippen LogP contribution in [0.25, 0.3) is 10.9 Å². The van der Waals surface area contributed by atoms with Crippen LogP contribution in [0.2, 0.25) is 0 Å². The van der Waals surface area contributed by atoms with E-state index < -0.39 is 0 Å². The summed E-state index contributed by atoms with van der Waals surface area (Å²) >= 11 is 3.44. The molecule has 118 valence electrons. The number of rotatable bonds is 5. The fourth-order valence-electron chi connectivity index (χ4n) is 2.71. The van der Waals surface area contributed by atoms with Gasteiger partial charge in [0.1, 0.15) is 0 Å². The number of benzene rings is 2. The van der Waals surface area contributed by atoms with Crippen molar-refractivity contribution in [1.29, 1.82) is 0 Å². The standard InChI is InChI=1S/C19H19BrN2O/c1-22(19(23)12-14-5-4-6-16(20)11-14)10-9-15-13-21-18-8-3-2-7-17(15)18/h2-8,11,13,21H,9-10,12H2,1H3. The number of nitrogens with one attached hydrogen (secondary N) is 1. The van der Waals surface area contributed by atoms with Crippen LogP contribution in [-0.4, -0.2) is 29.4 Å². The van der Waals surface area contributed by atoms with Gasteiger partial charge < -0.3 is 9.88 Å². The lowest BCUT2D eigenvalue weighted by Gasteiger charge is -2.17. The molecule has 0 saturated heterocycles. The first-order valence-electron chi connectivity index (χ1n) is 7.67. The normalized spacial score (nSPS) is 10.9. The maximum atomic E-state index is 12.3. The number of fused-ring (bicyclic) bond motifs is 1. The molecular formula is C19H19BrN2O. The molecule has 0 aliphatic heterocycles. The van der Waals surface area contributed by atoms with E-state index in [-0.39, 0.29) is 5.91 Å². The molecule has 0 atom stereocenters. The van der Waals surface area contributed by atoms with Crippen molar-refractivity contribution in [3.8, 4) is 0 Å². The minimum absolute atomic E-state index is 0.142. The second-order valence-corrected chi connectivity index (χ2v) is 6.65. The van der Waals surface area contributed by atoms with Gasteiger partial charge in [-0.1, -0.05) is 46.3 Å². The summed E-state index contributed by atoms with van der Waals surface area (Å²) in [6.45, 7) is 0.717. The summed E-state index contributed by atoms with van der Waals surface area (Å²) in [4.78, 5) is 17.4. The number of hydrogen-bond acceptors (Lipinski definition) is 1. The number of aromatic amines is 1. The number of carbonyl (C=O) groups excluding carboxylic acids is 1. The molecule has 2 aromatic carbocycles. The third-order valence-corrected chi connectivity index (χ3v) is 4.55. The molecule has 0 unspecified atom stereocenters. The van der Waals surface area contributed by atoms with Gasteiger partial charge in [-0.25, -0.2) is 0 Å². The van der Waals surface area contributed by atoms with Crippen molar-refractivity contribution < 1.29 is 4.79 Å². The van der Waals surface area contributed by atoms with Gasteiger partial charge in [0.25, 0.3) is 0 Å². The van der Waals surface area contributed by atoms with Crippen LogP contribution in [0.3, 0.4) is 0 Å². The second-order valence-electron chi connectivity index (χ2n) is 5.73. The van der Waals surface area contributed by atoms with Crippen LogP contribution in [0, 0.1) is 0 Å². The first-order valence-corrected chi connectivity index (χ1v) is 8.46. The minimum atomic E-state index is 0.142. The minimum Gasteiger partial charge on any atom is -0.361 e. The van der Waals surface area contributed by atoms with E-state index in [0.29, 0.717) is 13.0 Å². The van der Waals surface area contributed by atoms with Gasteiger partial charge in [0, 0.05) is 35.2 Å². The Labute approximate surface area is 144 Å². The highest BCUT2D eigenvalue weighted by Crippen LogP contribution is 2.18. The van der Waals surface area contributed by atoms with E-state index in [9.17, 15) is 4.79 Å².